The van der Waals surface area contributed by atoms with Crippen molar-refractivity contribution in [3.8, 4) is 0 Å². The van der Waals surface area contributed by atoms with Gasteiger partial charge >= 0.3 is 0 Å². The van der Waals surface area contributed by atoms with Crippen molar-refractivity contribution >= 4 is 11.6 Å². The quantitative estimate of drug-likeness (QED) is 0.835. The summed E-state index contributed by atoms with van der Waals surface area (Å²) in [6.45, 7) is 7.76. The molecule has 0 aliphatic carbocycles. The maximum absolute atomic E-state index is 13.4. The van der Waals surface area contributed by atoms with Gasteiger partial charge in [0.05, 0.1) is 5.02 Å². The van der Waals surface area contributed by atoms with Crippen molar-refractivity contribution in [3.63, 3.8) is 0 Å². The minimum Gasteiger partial charge on any atom is -0.312 e. The van der Waals surface area contributed by atoms with Gasteiger partial charge in [-0.15, -0.1) is 0 Å². The van der Waals surface area contributed by atoms with E-state index in [9.17, 15) is 4.39 Å². The Hall–Kier alpha value is -0.600. The molecular formula is C12H17ClFN. The van der Waals surface area contributed by atoms with E-state index in [1.165, 1.54) is 0 Å². The zero-order valence-electron chi connectivity index (χ0n) is 9.40. The average Bonchev–Trinajstić information content (AvgIpc) is 2.10. The lowest BCUT2D eigenvalue weighted by atomic mass is 9.97. The Bertz CT molecular complexity index is 331. The van der Waals surface area contributed by atoms with E-state index in [1.807, 2.05) is 0 Å². The predicted molar refractivity (Wildman–Crippen MR) is 62.6 cm³/mol. The molecule has 0 fully saturated rings. The molecule has 15 heavy (non-hydrogen) atoms. The van der Waals surface area contributed by atoms with Crippen molar-refractivity contribution < 1.29 is 4.39 Å². The summed E-state index contributed by atoms with van der Waals surface area (Å²) in [5.41, 5.74) is 0.821. The summed E-state index contributed by atoms with van der Waals surface area (Å²) in [6, 6.07) is 5.07. The van der Waals surface area contributed by atoms with Crippen molar-refractivity contribution in [3.05, 3.63) is 34.6 Å². The molecule has 1 nitrogen and oxygen atoms in total. The molecule has 0 aliphatic heterocycles. The van der Waals surface area contributed by atoms with Crippen molar-refractivity contribution in [1.29, 1.82) is 0 Å². The molecule has 1 rings (SSSR count). The zero-order chi connectivity index (χ0) is 11.5. The Morgan fingerprint density at radius 2 is 2.00 bits per heavy atom. The maximum atomic E-state index is 13.4. The minimum absolute atomic E-state index is 0.185. The SMILES string of the molecule is CC(C)(C)CNCc1cccc(Cl)c1F. The van der Waals surface area contributed by atoms with Crippen molar-refractivity contribution in [1.82, 2.24) is 5.32 Å². The van der Waals surface area contributed by atoms with E-state index in [4.69, 9.17) is 11.6 Å². The van der Waals surface area contributed by atoms with E-state index in [0.29, 0.717) is 12.1 Å². The molecule has 0 bridgehead atoms. The highest BCUT2D eigenvalue weighted by molar-refractivity contribution is 6.30. The molecule has 0 saturated carbocycles. The van der Waals surface area contributed by atoms with E-state index < -0.39 is 0 Å². The van der Waals surface area contributed by atoms with Crippen LogP contribution < -0.4 is 5.32 Å². The molecule has 0 saturated heterocycles. The van der Waals surface area contributed by atoms with Crippen LogP contribution in [0, 0.1) is 11.2 Å². The first-order valence-electron chi connectivity index (χ1n) is 5.04. The first-order valence-corrected chi connectivity index (χ1v) is 5.41. The standard InChI is InChI=1S/C12H17ClFN/c1-12(2,3)8-15-7-9-5-4-6-10(13)11(9)14/h4-6,15H,7-8H2,1-3H3. The van der Waals surface area contributed by atoms with Gasteiger partial charge < -0.3 is 5.32 Å². The molecular weight excluding hydrogens is 213 g/mol. The van der Waals surface area contributed by atoms with Crippen LogP contribution in [0.2, 0.25) is 5.02 Å². The lowest BCUT2D eigenvalue weighted by Crippen LogP contribution is -2.26. The van der Waals surface area contributed by atoms with Gasteiger partial charge in [0, 0.05) is 18.7 Å². The van der Waals surface area contributed by atoms with Gasteiger partial charge in [0.1, 0.15) is 5.82 Å². The molecule has 0 radical (unpaired) electrons. The summed E-state index contributed by atoms with van der Waals surface area (Å²) in [7, 11) is 0. The van der Waals surface area contributed by atoms with Gasteiger partial charge in [-0.25, -0.2) is 4.39 Å². The topological polar surface area (TPSA) is 12.0 Å². The van der Waals surface area contributed by atoms with Gasteiger partial charge in [-0.3, -0.25) is 0 Å². The normalized spacial score (nSPS) is 11.8. The third-order valence-corrected chi connectivity index (χ3v) is 2.29. The number of halogens is 2. The van der Waals surface area contributed by atoms with Crippen molar-refractivity contribution in [2.24, 2.45) is 5.41 Å². The number of hydrogen-bond donors (Lipinski definition) is 1. The third kappa shape index (κ3) is 4.18. The number of nitrogens with one attached hydrogen (secondary N) is 1. The van der Waals surface area contributed by atoms with Crippen LogP contribution in [0.4, 0.5) is 4.39 Å². The van der Waals surface area contributed by atoms with Gasteiger partial charge in [-0.1, -0.05) is 44.5 Å². The van der Waals surface area contributed by atoms with Crippen LogP contribution in [0.5, 0.6) is 0 Å². The van der Waals surface area contributed by atoms with Gasteiger partial charge in [-0.05, 0) is 11.5 Å². The Kier molecular flexibility index (Phi) is 4.12. The van der Waals surface area contributed by atoms with Gasteiger partial charge in [-0.2, -0.15) is 0 Å². The predicted octanol–water partition coefficient (Wildman–Crippen LogP) is 3.61. The number of benzene rings is 1. The van der Waals surface area contributed by atoms with Crippen LogP contribution in [-0.2, 0) is 6.54 Å². The lowest BCUT2D eigenvalue weighted by Gasteiger charge is -2.18. The fourth-order valence-corrected chi connectivity index (χ4v) is 1.45. The average molecular weight is 230 g/mol. The number of hydrogen-bond acceptors (Lipinski definition) is 1. The van der Waals surface area contributed by atoms with E-state index in [0.717, 1.165) is 6.54 Å². The molecule has 0 aliphatic rings. The summed E-state index contributed by atoms with van der Waals surface area (Å²) in [5, 5.41) is 3.40. The van der Waals surface area contributed by atoms with Gasteiger partial charge in [0.2, 0.25) is 0 Å². The molecule has 3 heteroatoms. The Balaban J connectivity index is 2.55. The first-order chi connectivity index (χ1) is 6.90. The second kappa shape index (κ2) is 4.95. The van der Waals surface area contributed by atoms with Crippen LogP contribution >= 0.6 is 11.6 Å². The minimum atomic E-state index is -0.319. The molecule has 84 valence electrons. The molecule has 0 amide bonds. The highest BCUT2D eigenvalue weighted by atomic mass is 35.5. The van der Waals surface area contributed by atoms with Crippen LogP contribution in [-0.4, -0.2) is 6.54 Å². The highest BCUT2D eigenvalue weighted by Gasteiger charge is 2.10. The van der Waals surface area contributed by atoms with Gasteiger partial charge in [0.15, 0.2) is 0 Å². The molecule has 1 aromatic rings. The monoisotopic (exact) mass is 229 g/mol. The highest BCUT2D eigenvalue weighted by Crippen LogP contribution is 2.18. The smallest absolute Gasteiger partial charge is 0.146 e. The molecule has 0 spiro atoms. The Morgan fingerprint density at radius 1 is 1.33 bits per heavy atom. The summed E-state index contributed by atoms with van der Waals surface area (Å²) in [5.74, 6) is -0.319. The third-order valence-electron chi connectivity index (χ3n) is 2.00. The van der Waals surface area contributed by atoms with Crippen molar-refractivity contribution in [2.75, 3.05) is 6.54 Å². The van der Waals surface area contributed by atoms with Gasteiger partial charge in [0.25, 0.3) is 0 Å². The van der Waals surface area contributed by atoms with E-state index in [1.54, 1.807) is 18.2 Å². The van der Waals surface area contributed by atoms with Crippen LogP contribution in [0.15, 0.2) is 18.2 Å². The fraction of sp³-hybridized carbons (Fsp3) is 0.500. The van der Waals surface area contributed by atoms with E-state index >= 15 is 0 Å². The van der Waals surface area contributed by atoms with Crippen LogP contribution in [0.25, 0.3) is 0 Å². The van der Waals surface area contributed by atoms with E-state index in [2.05, 4.69) is 26.1 Å². The molecule has 0 atom stereocenters. The molecule has 1 N–H and O–H groups in total. The Labute approximate surface area is 95.6 Å². The summed E-state index contributed by atoms with van der Waals surface area (Å²) in [6.07, 6.45) is 0. The molecule has 0 unspecified atom stereocenters. The first kappa shape index (κ1) is 12.5. The van der Waals surface area contributed by atoms with Crippen molar-refractivity contribution in [2.45, 2.75) is 27.3 Å². The summed E-state index contributed by atoms with van der Waals surface area (Å²) < 4.78 is 13.4. The second-order valence-corrected chi connectivity index (χ2v) is 5.28. The largest absolute Gasteiger partial charge is 0.312 e. The molecule has 1 aromatic carbocycles. The molecule has 0 aromatic heterocycles. The van der Waals surface area contributed by atoms with Crippen LogP contribution in [0.3, 0.4) is 0 Å². The maximum Gasteiger partial charge on any atom is 0.146 e. The lowest BCUT2D eigenvalue weighted by molar-refractivity contribution is 0.377. The van der Waals surface area contributed by atoms with Crippen LogP contribution in [0.1, 0.15) is 26.3 Å². The second-order valence-electron chi connectivity index (χ2n) is 4.88. The van der Waals surface area contributed by atoms with E-state index in [-0.39, 0.29) is 16.3 Å². The fourth-order valence-electron chi connectivity index (χ4n) is 1.26. The summed E-state index contributed by atoms with van der Waals surface area (Å²) in [4.78, 5) is 0. The summed E-state index contributed by atoms with van der Waals surface area (Å²) >= 11 is 5.68. The molecule has 0 heterocycles. The zero-order valence-corrected chi connectivity index (χ0v) is 10.2. The number of rotatable bonds is 3. The Morgan fingerprint density at radius 3 is 2.60 bits per heavy atom.